The first-order valence-corrected chi connectivity index (χ1v) is 8.52. The molecule has 2 aromatic rings. The third-order valence-electron chi connectivity index (χ3n) is 5.34. The Morgan fingerprint density at radius 2 is 1.44 bits per heavy atom. The highest BCUT2D eigenvalue weighted by atomic mass is 19.1. The Labute approximate surface area is 155 Å². The lowest BCUT2D eigenvalue weighted by atomic mass is 9.99. The van der Waals surface area contributed by atoms with E-state index >= 15 is 0 Å². The molecule has 5 nitrogen and oxygen atoms in total. The minimum atomic E-state index is -1.27. The fourth-order valence-electron chi connectivity index (χ4n) is 3.45. The lowest BCUT2D eigenvalue weighted by molar-refractivity contribution is -0.132. The van der Waals surface area contributed by atoms with Crippen LogP contribution >= 0.6 is 0 Å². The van der Waals surface area contributed by atoms with E-state index in [0.29, 0.717) is 5.69 Å². The molecule has 0 radical (unpaired) electrons. The second-order valence-corrected chi connectivity index (χ2v) is 6.71. The van der Waals surface area contributed by atoms with Gasteiger partial charge in [0.15, 0.2) is 11.6 Å². The molecular weight excluding hydrogens is 354 g/mol. The van der Waals surface area contributed by atoms with Gasteiger partial charge in [-0.25, -0.2) is 8.78 Å². The first-order chi connectivity index (χ1) is 12.8. The molecule has 2 amide bonds. The van der Waals surface area contributed by atoms with Crippen LogP contribution < -0.4 is 15.4 Å². The van der Waals surface area contributed by atoms with E-state index in [9.17, 15) is 18.4 Å². The largest absolute Gasteiger partial charge is 0.494 e. The third-order valence-corrected chi connectivity index (χ3v) is 5.34. The number of anilines is 2. The topological polar surface area (TPSA) is 67.4 Å². The number of amides is 2. The van der Waals surface area contributed by atoms with E-state index < -0.39 is 28.9 Å². The third kappa shape index (κ3) is 3.25. The summed E-state index contributed by atoms with van der Waals surface area (Å²) in [6.07, 6.45) is 0. The molecule has 3 atom stereocenters. The average molecular weight is 374 g/mol. The van der Waals surface area contributed by atoms with Gasteiger partial charge in [0.25, 0.3) is 0 Å². The molecule has 7 heteroatoms. The molecule has 0 bridgehead atoms. The molecule has 2 aromatic carbocycles. The van der Waals surface area contributed by atoms with Crippen molar-refractivity contribution in [3.8, 4) is 5.75 Å². The highest BCUT2D eigenvalue weighted by Gasteiger charge is 2.69. The Morgan fingerprint density at radius 3 is 1.93 bits per heavy atom. The van der Waals surface area contributed by atoms with Crippen LogP contribution in [0.1, 0.15) is 13.8 Å². The van der Waals surface area contributed by atoms with Crippen molar-refractivity contribution in [2.75, 3.05) is 17.7 Å². The average Bonchev–Trinajstić information content (AvgIpc) is 3.19. The second-order valence-electron chi connectivity index (χ2n) is 6.71. The van der Waals surface area contributed by atoms with Crippen molar-refractivity contribution < 1.29 is 23.1 Å². The molecule has 0 saturated heterocycles. The van der Waals surface area contributed by atoms with Gasteiger partial charge in [-0.05, 0) is 48.2 Å². The standard InChI is InChI=1S/C20H20F2N2O3/c1-11-12(2)20(11,18(25)23-14-6-4-13(21)5-7-14)19(26)24-15-8-9-17(27-3)16(22)10-15/h4-12H,1-3H3,(H,23,25)(H,24,26)/t11-,12+,20?. The predicted molar refractivity (Wildman–Crippen MR) is 97.4 cm³/mol. The predicted octanol–water partition coefficient (Wildman–Crippen LogP) is 3.82. The maximum atomic E-state index is 13.9. The van der Waals surface area contributed by atoms with Crippen LogP contribution in [0.2, 0.25) is 0 Å². The second kappa shape index (κ2) is 6.98. The van der Waals surface area contributed by atoms with Gasteiger partial charge in [0, 0.05) is 17.4 Å². The molecular formula is C20H20F2N2O3. The Bertz CT molecular complexity index is 875. The Morgan fingerprint density at radius 1 is 0.926 bits per heavy atom. The fourth-order valence-corrected chi connectivity index (χ4v) is 3.45. The van der Waals surface area contributed by atoms with Crippen LogP contribution in [0.4, 0.5) is 20.2 Å². The Kier molecular flexibility index (Phi) is 4.87. The Hall–Kier alpha value is -2.96. The smallest absolute Gasteiger partial charge is 0.240 e. The number of hydrogen-bond acceptors (Lipinski definition) is 3. The molecule has 0 heterocycles. The van der Waals surface area contributed by atoms with E-state index in [0.717, 1.165) is 6.07 Å². The number of benzene rings is 2. The van der Waals surface area contributed by atoms with Crippen molar-refractivity contribution >= 4 is 23.2 Å². The number of carbonyl (C=O) groups excluding carboxylic acids is 2. The first-order valence-electron chi connectivity index (χ1n) is 8.52. The van der Waals surface area contributed by atoms with Gasteiger partial charge in [-0.2, -0.15) is 0 Å². The minimum absolute atomic E-state index is 0.0601. The van der Waals surface area contributed by atoms with Gasteiger partial charge in [-0.15, -0.1) is 0 Å². The molecule has 27 heavy (non-hydrogen) atoms. The van der Waals surface area contributed by atoms with E-state index in [2.05, 4.69) is 10.6 Å². The van der Waals surface area contributed by atoms with Crippen LogP contribution in [-0.2, 0) is 9.59 Å². The van der Waals surface area contributed by atoms with E-state index in [1.165, 1.54) is 43.5 Å². The van der Waals surface area contributed by atoms with Crippen molar-refractivity contribution in [3.63, 3.8) is 0 Å². The Balaban J connectivity index is 1.80. The molecule has 0 spiro atoms. The zero-order chi connectivity index (χ0) is 19.8. The summed E-state index contributed by atoms with van der Waals surface area (Å²) in [7, 11) is 1.35. The molecule has 1 aliphatic rings. The number of methoxy groups -OCH3 is 1. The van der Waals surface area contributed by atoms with Crippen LogP contribution in [0.5, 0.6) is 5.75 Å². The van der Waals surface area contributed by atoms with Crippen molar-refractivity contribution in [2.24, 2.45) is 17.3 Å². The van der Waals surface area contributed by atoms with Gasteiger partial charge in [-0.1, -0.05) is 13.8 Å². The zero-order valence-corrected chi connectivity index (χ0v) is 15.2. The van der Waals surface area contributed by atoms with Crippen LogP contribution in [-0.4, -0.2) is 18.9 Å². The molecule has 1 aliphatic carbocycles. The lowest BCUT2D eigenvalue weighted by Gasteiger charge is -2.18. The van der Waals surface area contributed by atoms with Gasteiger partial charge in [0.05, 0.1) is 7.11 Å². The maximum Gasteiger partial charge on any atom is 0.240 e. The summed E-state index contributed by atoms with van der Waals surface area (Å²) in [6, 6.07) is 9.34. The van der Waals surface area contributed by atoms with Crippen molar-refractivity contribution in [1.82, 2.24) is 0 Å². The summed E-state index contributed by atoms with van der Waals surface area (Å²) < 4.78 is 31.7. The summed E-state index contributed by atoms with van der Waals surface area (Å²) in [5.74, 6) is -2.34. The number of ether oxygens (including phenoxy) is 1. The number of rotatable bonds is 5. The summed E-state index contributed by atoms with van der Waals surface area (Å²) in [5.41, 5.74) is -0.640. The summed E-state index contributed by atoms with van der Waals surface area (Å²) in [6.45, 7) is 3.62. The molecule has 1 saturated carbocycles. The minimum Gasteiger partial charge on any atom is -0.494 e. The van der Waals surface area contributed by atoms with E-state index in [1.54, 1.807) is 0 Å². The van der Waals surface area contributed by atoms with E-state index in [1.807, 2.05) is 13.8 Å². The molecule has 2 N–H and O–H groups in total. The van der Waals surface area contributed by atoms with Crippen LogP contribution in [0.15, 0.2) is 42.5 Å². The first kappa shape index (κ1) is 18.8. The van der Waals surface area contributed by atoms with Gasteiger partial charge < -0.3 is 15.4 Å². The number of carbonyl (C=O) groups is 2. The van der Waals surface area contributed by atoms with Gasteiger partial charge in [-0.3, -0.25) is 9.59 Å². The monoisotopic (exact) mass is 374 g/mol. The van der Waals surface area contributed by atoms with Crippen LogP contribution in [0.3, 0.4) is 0 Å². The lowest BCUT2D eigenvalue weighted by Crippen LogP contribution is -2.38. The van der Waals surface area contributed by atoms with Crippen LogP contribution in [0, 0.1) is 28.9 Å². The summed E-state index contributed by atoms with van der Waals surface area (Å²) in [4.78, 5) is 25.7. The quantitative estimate of drug-likeness (QED) is 0.782. The normalized spacial score (nSPS) is 23.4. The number of hydrogen-bond donors (Lipinski definition) is 2. The zero-order valence-electron chi connectivity index (χ0n) is 15.2. The van der Waals surface area contributed by atoms with Gasteiger partial charge >= 0.3 is 0 Å². The van der Waals surface area contributed by atoms with Crippen molar-refractivity contribution in [1.29, 1.82) is 0 Å². The SMILES string of the molecule is COc1ccc(NC(=O)C2(C(=O)Nc3ccc(F)cc3)[C@H](C)[C@@H]2C)cc1F. The highest BCUT2D eigenvalue weighted by Crippen LogP contribution is 2.59. The van der Waals surface area contributed by atoms with Gasteiger partial charge in [0.1, 0.15) is 11.2 Å². The molecule has 3 rings (SSSR count). The van der Waals surface area contributed by atoms with Crippen molar-refractivity contribution in [2.45, 2.75) is 13.8 Å². The molecule has 1 fully saturated rings. The van der Waals surface area contributed by atoms with Gasteiger partial charge in [0.2, 0.25) is 11.8 Å². The van der Waals surface area contributed by atoms with E-state index in [4.69, 9.17) is 4.74 Å². The van der Waals surface area contributed by atoms with Crippen LogP contribution in [0.25, 0.3) is 0 Å². The van der Waals surface area contributed by atoms with E-state index in [-0.39, 0.29) is 23.3 Å². The number of halogens is 2. The van der Waals surface area contributed by atoms with Crippen molar-refractivity contribution in [3.05, 3.63) is 54.1 Å². The summed E-state index contributed by atoms with van der Waals surface area (Å²) in [5, 5.41) is 5.29. The molecule has 0 aliphatic heterocycles. The molecule has 142 valence electrons. The molecule has 1 unspecified atom stereocenters. The maximum absolute atomic E-state index is 13.9. The molecule has 0 aromatic heterocycles. The highest BCUT2D eigenvalue weighted by molar-refractivity contribution is 6.17. The fraction of sp³-hybridized carbons (Fsp3) is 0.300. The summed E-state index contributed by atoms with van der Waals surface area (Å²) >= 11 is 0. The number of nitrogens with one attached hydrogen (secondary N) is 2.